The van der Waals surface area contributed by atoms with Gasteiger partial charge in [-0.2, -0.15) is 0 Å². The van der Waals surface area contributed by atoms with Gasteiger partial charge in [0, 0.05) is 12.7 Å². The predicted molar refractivity (Wildman–Crippen MR) is 92.8 cm³/mol. The molecule has 0 aliphatic carbocycles. The van der Waals surface area contributed by atoms with Crippen molar-refractivity contribution in [1.29, 1.82) is 0 Å². The molecule has 0 bridgehead atoms. The van der Waals surface area contributed by atoms with Crippen molar-refractivity contribution in [3.05, 3.63) is 64.1 Å². The standard InChI is InChI=1S/C18H17N3O4/c1-2-25-12-6-3-5-11(9-12)10-20-17(23)14-15(22)13-7-4-8-19-16(13)21-18(14)24/h3-9H,2,10H2,1H3,(H,20,23)(H2,19,21,22,24). The van der Waals surface area contributed by atoms with Gasteiger partial charge in [0.15, 0.2) is 0 Å². The smallest absolute Gasteiger partial charge is 0.266 e. The number of hydrogen-bond acceptors (Lipinski definition) is 5. The topological polar surface area (TPSA) is 104 Å². The Kier molecular flexibility index (Phi) is 4.65. The van der Waals surface area contributed by atoms with Crippen molar-refractivity contribution in [2.75, 3.05) is 6.61 Å². The zero-order chi connectivity index (χ0) is 17.8. The largest absolute Gasteiger partial charge is 0.506 e. The molecule has 3 rings (SSSR count). The van der Waals surface area contributed by atoms with Crippen LogP contribution in [0.5, 0.6) is 11.5 Å². The van der Waals surface area contributed by atoms with Crippen LogP contribution in [0.4, 0.5) is 0 Å². The van der Waals surface area contributed by atoms with Crippen molar-refractivity contribution in [3.8, 4) is 11.5 Å². The lowest BCUT2D eigenvalue weighted by molar-refractivity contribution is 0.0947. The van der Waals surface area contributed by atoms with Gasteiger partial charge in [0.05, 0.1) is 12.0 Å². The van der Waals surface area contributed by atoms with E-state index >= 15 is 0 Å². The third-order valence-corrected chi connectivity index (χ3v) is 3.65. The quantitative estimate of drug-likeness (QED) is 0.659. The van der Waals surface area contributed by atoms with Crippen LogP contribution in [-0.4, -0.2) is 27.6 Å². The van der Waals surface area contributed by atoms with Crippen molar-refractivity contribution >= 4 is 16.9 Å². The van der Waals surface area contributed by atoms with Crippen LogP contribution in [0.1, 0.15) is 22.8 Å². The number of pyridine rings is 2. The van der Waals surface area contributed by atoms with E-state index in [1.54, 1.807) is 18.2 Å². The lowest BCUT2D eigenvalue weighted by atomic mass is 10.1. The third-order valence-electron chi connectivity index (χ3n) is 3.65. The van der Waals surface area contributed by atoms with Gasteiger partial charge in [-0.1, -0.05) is 12.1 Å². The van der Waals surface area contributed by atoms with Gasteiger partial charge >= 0.3 is 0 Å². The minimum atomic E-state index is -0.690. The number of aromatic hydroxyl groups is 1. The Hall–Kier alpha value is -3.35. The molecule has 0 saturated carbocycles. The molecule has 1 aromatic carbocycles. The van der Waals surface area contributed by atoms with Crippen LogP contribution in [0, 0.1) is 0 Å². The summed E-state index contributed by atoms with van der Waals surface area (Å²) in [5.41, 5.74) is 0.0226. The molecule has 7 heteroatoms. The number of nitrogens with zero attached hydrogens (tertiary/aromatic N) is 1. The second kappa shape index (κ2) is 7.04. The number of hydrogen-bond donors (Lipinski definition) is 3. The second-order valence-corrected chi connectivity index (χ2v) is 5.34. The van der Waals surface area contributed by atoms with E-state index in [9.17, 15) is 14.7 Å². The third kappa shape index (κ3) is 3.45. The van der Waals surface area contributed by atoms with Crippen molar-refractivity contribution in [2.45, 2.75) is 13.5 Å². The van der Waals surface area contributed by atoms with E-state index in [0.29, 0.717) is 17.7 Å². The number of nitrogens with one attached hydrogen (secondary N) is 2. The Balaban J connectivity index is 1.83. The highest BCUT2D eigenvalue weighted by atomic mass is 16.5. The average Bonchev–Trinajstić information content (AvgIpc) is 2.61. The molecule has 3 N–H and O–H groups in total. The summed E-state index contributed by atoms with van der Waals surface area (Å²) < 4.78 is 5.41. The molecule has 0 radical (unpaired) electrons. The lowest BCUT2D eigenvalue weighted by Crippen LogP contribution is -2.29. The van der Waals surface area contributed by atoms with Crippen LogP contribution in [0.3, 0.4) is 0 Å². The molecule has 0 aliphatic heterocycles. The Morgan fingerprint density at radius 2 is 2.16 bits per heavy atom. The first-order valence-electron chi connectivity index (χ1n) is 7.80. The highest BCUT2D eigenvalue weighted by Gasteiger charge is 2.19. The molecule has 2 aromatic heterocycles. The van der Waals surface area contributed by atoms with Gasteiger partial charge in [0.1, 0.15) is 22.7 Å². The number of carbonyl (C=O) groups excluding carboxylic acids is 1. The zero-order valence-corrected chi connectivity index (χ0v) is 13.6. The number of ether oxygens (including phenoxy) is 1. The SMILES string of the molecule is CCOc1cccc(CNC(=O)c2c(O)c3cccnc3[nH]c2=O)c1. The summed E-state index contributed by atoms with van der Waals surface area (Å²) in [5, 5.41) is 13.2. The fourth-order valence-corrected chi connectivity index (χ4v) is 2.50. The molecule has 3 aromatic rings. The number of carbonyl (C=O) groups is 1. The van der Waals surface area contributed by atoms with E-state index < -0.39 is 11.5 Å². The highest BCUT2D eigenvalue weighted by molar-refractivity contribution is 6.01. The summed E-state index contributed by atoms with van der Waals surface area (Å²) in [6.45, 7) is 2.63. The number of rotatable bonds is 5. The summed E-state index contributed by atoms with van der Waals surface area (Å²) in [7, 11) is 0. The van der Waals surface area contributed by atoms with Gasteiger partial charge in [-0.05, 0) is 36.8 Å². The van der Waals surface area contributed by atoms with Crippen molar-refractivity contribution in [1.82, 2.24) is 15.3 Å². The molecule has 0 unspecified atom stereocenters. The summed E-state index contributed by atoms with van der Waals surface area (Å²) in [6.07, 6.45) is 1.49. The maximum atomic E-state index is 12.4. The lowest BCUT2D eigenvalue weighted by Gasteiger charge is -2.09. The summed E-state index contributed by atoms with van der Waals surface area (Å²) in [4.78, 5) is 30.9. The van der Waals surface area contributed by atoms with Crippen LogP contribution >= 0.6 is 0 Å². The maximum Gasteiger partial charge on any atom is 0.266 e. The Labute approximate surface area is 143 Å². The summed E-state index contributed by atoms with van der Waals surface area (Å²) >= 11 is 0. The highest BCUT2D eigenvalue weighted by Crippen LogP contribution is 2.23. The molecule has 0 aliphatic rings. The van der Waals surface area contributed by atoms with Gasteiger partial charge in [-0.25, -0.2) is 4.98 Å². The molecular formula is C18H17N3O4. The van der Waals surface area contributed by atoms with E-state index in [4.69, 9.17) is 4.74 Å². The number of H-pyrrole nitrogens is 1. The van der Waals surface area contributed by atoms with Gasteiger partial charge in [0.2, 0.25) is 0 Å². The Bertz CT molecular complexity index is 981. The molecule has 2 heterocycles. The van der Waals surface area contributed by atoms with Crippen LogP contribution in [0.15, 0.2) is 47.4 Å². The molecule has 0 atom stereocenters. The Morgan fingerprint density at radius 1 is 1.32 bits per heavy atom. The molecule has 0 fully saturated rings. The van der Waals surface area contributed by atoms with E-state index in [1.165, 1.54) is 6.20 Å². The van der Waals surface area contributed by atoms with Gasteiger partial charge in [0.25, 0.3) is 11.5 Å². The average molecular weight is 339 g/mol. The van der Waals surface area contributed by atoms with Crippen molar-refractivity contribution in [3.63, 3.8) is 0 Å². The number of amides is 1. The minimum absolute atomic E-state index is 0.198. The number of benzene rings is 1. The van der Waals surface area contributed by atoms with Crippen LogP contribution in [0.25, 0.3) is 11.0 Å². The van der Waals surface area contributed by atoms with Crippen LogP contribution in [-0.2, 0) is 6.54 Å². The fourth-order valence-electron chi connectivity index (χ4n) is 2.50. The normalized spacial score (nSPS) is 10.6. The van der Waals surface area contributed by atoms with E-state index in [-0.39, 0.29) is 23.5 Å². The number of aromatic amines is 1. The zero-order valence-electron chi connectivity index (χ0n) is 13.6. The summed E-state index contributed by atoms with van der Waals surface area (Å²) in [6, 6.07) is 10.5. The van der Waals surface area contributed by atoms with Gasteiger partial charge < -0.3 is 20.1 Å². The summed E-state index contributed by atoms with van der Waals surface area (Å²) in [5.74, 6) is -0.342. The maximum absolute atomic E-state index is 12.4. The van der Waals surface area contributed by atoms with E-state index in [2.05, 4.69) is 15.3 Å². The Morgan fingerprint density at radius 3 is 2.96 bits per heavy atom. The molecule has 1 amide bonds. The molecule has 7 nitrogen and oxygen atoms in total. The molecule has 128 valence electrons. The van der Waals surface area contributed by atoms with E-state index in [0.717, 1.165) is 5.56 Å². The van der Waals surface area contributed by atoms with Gasteiger partial charge in [-0.3, -0.25) is 9.59 Å². The van der Waals surface area contributed by atoms with E-state index in [1.807, 2.05) is 25.1 Å². The number of aromatic nitrogens is 2. The second-order valence-electron chi connectivity index (χ2n) is 5.34. The monoisotopic (exact) mass is 339 g/mol. The fraction of sp³-hybridized carbons (Fsp3) is 0.167. The van der Waals surface area contributed by atoms with Crippen molar-refractivity contribution < 1.29 is 14.6 Å². The first-order valence-corrected chi connectivity index (χ1v) is 7.80. The number of fused-ring (bicyclic) bond motifs is 1. The first-order chi connectivity index (χ1) is 12.1. The molecule has 0 saturated heterocycles. The minimum Gasteiger partial charge on any atom is -0.506 e. The molecule has 0 spiro atoms. The molecule has 25 heavy (non-hydrogen) atoms. The van der Waals surface area contributed by atoms with Gasteiger partial charge in [-0.15, -0.1) is 0 Å². The predicted octanol–water partition coefficient (Wildman–Crippen LogP) is 1.96. The van der Waals surface area contributed by atoms with Crippen LogP contribution < -0.4 is 15.6 Å². The van der Waals surface area contributed by atoms with Crippen molar-refractivity contribution in [2.24, 2.45) is 0 Å². The first kappa shape index (κ1) is 16.5. The van der Waals surface area contributed by atoms with Crippen LogP contribution in [0.2, 0.25) is 0 Å². The molecular weight excluding hydrogens is 322 g/mol.